The van der Waals surface area contributed by atoms with Crippen LogP contribution in [0.4, 0.5) is 0 Å². The van der Waals surface area contributed by atoms with Crippen LogP contribution in [-0.4, -0.2) is 24.0 Å². The quantitative estimate of drug-likeness (QED) is 0.805. The fourth-order valence-corrected chi connectivity index (χ4v) is 4.18. The number of nitrogens with one attached hydrogen (secondary N) is 1. The summed E-state index contributed by atoms with van der Waals surface area (Å²) in [5, 5.41) is 3.46. The summed E-state index contributed by atoms with van der Waals surface area (Å²) < 4.78 is 5.70. The zero-order chi connectivity index (χ0) is 14.5. The summed E-state index contributed by atoms with van der Waals surface area (Å²) in [7, 11) is 0. The summed E-state index contributed by atoms with van der Waals surface area (Å²) in [5.74, 6) is 2.10. The van der Waals surface area contributed by atoms with Crippen molar-refractivity contribution < 1.29 is 4.42 Å². The van der Waals surface area contributed by atoms with Crippen LogP contribution in [0.25, 0.3) is 0 Å². The predicted molar refractivity (Wildman–Crippen MR) is 86.1 cm³/mol. The molecule has 1 aliphatic carbocycles. The first kappa shape index (κ1) is 15.1. The third-order valence-electron chi connectivity index (χ3n) is 5.28. The van der Waals surface area contributed by atoms with Crippen molar-refractivity contribution in [2.24, 2.45) is 5.92 Å². The number of rotatable bonds is 6. The lowest BCUT2D eigenvalue weighted by molar-refractivity contribution is 0.0542. The molecule has 21 heavy (non-hydrogen) atoms. The molecule has 1 aromatic rings. The second-order valence-corrected chi connectivity index (χ2v) is 6.77. The van der Waals surface area contributed by atoms with E-state index >= 15 is 0 Å². The van der Waals surface area contributed by atoms with Gasteiger partial charge in [-0.05, 0) is 57.2 Å². The Bertz CT molecular complexity index is 427. The molecule has 2 heterocycles. The molecule has 3 rings (SSSR count). The second-order valence-electron chi connectivity index (χ2n) is 6.77. The molecule has 118 valence electrons. The summed E-state index contributed by atoms with van der Waals surface area (Å²) in [6.07, 6.45) is 11.6. The summed E-state index contributed by atoms with van der Waals surface area (Å²) in [6.45, 7) is 6.49. The van der Waals surface area contributed by atoms with Gasteiger partial charge >= 0.3 is 0 Å². The molecule has 2 fully saturated rings. The van der Waals surface area contributed by atoms with Crippen molar-refractivity contribution in [2.75, 3.05) is 13.1 Å². The Kier molecular flexibility index (Phi) is 5.37. The second kappa shape index (κ2) is 7.46. The number of furan rings is 1. The fraction of sp³-hybridized carbons (Fsp3) is 0.778. The smallest absolute Gasteiger partial charge is 0.122 e. The summed E-state index contributed by atoms with van der Waals surface area (Å²) in [4.78, 5) is 2.74. The highest BCUT2D eigenvalue weighted by molar-refractivity contribution is 5.17. The van der Waals surface area contributed by atoms with Crippen LogP contribution < -0.4 is 5.32 Å². The van der Waals surface area contributed by atoms with Gasteiger partial charge in [-0.1, -0.05) is 19.8 Å². The highest BCUT2D eigenvalue weighted by atomic mass is 16.3. The third-order valence-corrected chi connectivity index (χ3v) is 5.28. The number of likely N-dealkylation sites (tertiary alicyclic amines) is 1. The topological polar surface area (TPSA) is 28.4 Å². The molecule has 0 spiro atoms. The van der Waals surface area contributed by atoms with Crippen molar-refractivity contribution in [3.8, 4) is 0 Å². The van der Waals surface area contributed by atoms with E-state index in [9.17, 15) is 0 Å². The summed E-state index contributed by atoms with van der Waals surface area (Å²) in [5.41, 5.74) is 1.39. The van der Waals surface area contributed by atoms with Crippen LogP contribution in [0.15, 0.2) is 16.7 Å². The van der Waals surface area contributed by atoms with E-state index in [1.807, 2.05) is 6.26 Å². The molecule has 0 bridgehead atoms. The number of nitrogens with zero attached hydrogens (tertiary/aromatic N) is 1. The van der Waals surface area contributed by atoms with E-state index in [0.29, 0.717) is 0 Å². The minimum absolute atomic E-state index is 0.832. The van der Waals surface area contributed by atoms with Crippen LogP contribution in [0.5, 0.6) is 0 Å². The van der Waals surface area contributed by atoms with Crippen molar-refractivity contribution in [2.45, 2.75) is 71.0 Å². The number of hydrogen-bond acceptors (Lipinski definition) is 3. The van der Waals surface area contributed by atoms with E-state index in [-0.39, 0.29) is 0 Å². The largest absolute Gasteiger partial charge is 0.468 e. The Balaban J connectivity index is 1.61. The number of piperidine rings is 1. The van der Waals surface area contributed by atoms with Crippen LogP contribution in [0.3, 0.4) is 0 Å². The third kappa shape index (κ3) is 3.70. The summed E-state index contributed by atoms with van der Waals surface area (Å²) >= 11 is 0. The first-order chi connectivity index (χ1) is 10.4. The van der Waals surface area contributed by atoms with Gasteiger partial charge in [0, 0.05) is 18.2 Å². The fourth-order valence-electron chi connectivity index (χ4n) is 4.18. The molecular weight excluding hydrogens is 260 g/mol. The molecule has 0 radical (unpaired) electrons. The molecule has 1 aromatic heterocycles. The predicted octanol–water partition coefficient (Wildman–Crippen LogP) is 3.93. The molecule has 0 unspecified atom stereocenters. The van der Waals surface area contributed by atoms with Gasteiger partial charge in [0.2, 0.25) is 0 Å². The normalized spacial score (nSPS) is 26.7. The maximum Gasteiger partial charge on any atom is 0.122 e. The average Bonchev–Trinajstić information content (AvgIpc) is 2.95. The van der Waals surface area contributed by atoms with Crippen molar-refractivity contribution >= 4 is 0 Å². The van der Waals surface area contributed by atoms with Gasteiger partial charge in [0.05, 0.1) is 12.8 Å². The van der Waals surface area contributed by atoms with Gasteiger partial charge in [0.15, 0.2) is 0 Å². The zero-order valence-electron chi connectivity index (χ0n) is 13.4. The van der Waals surface area contributed by atoms with E-state index in [4.69, 9.17) is 4.42 Å². The van der Waals surface area contributed by atoms with Crippen LogP contribution in [0.2, 0.25) is 0 Å². The molecule has 3 nitrogen and oxygen atoms in total. The molecule has 1 aliphatic heterocycles. The Labute approximate surface area is 129 Å². The molecule has 2 aliphatic rings. The van der Waals surface area contributed by atoms with Gasteiger partial charge in [0.1, 0.15) is 5.76 Å². The van der Waals surface area contributed by atoms with Gasteiger partial charge in [-0.15, -0.1) is 0 Å². The Morgan fingerprint density at radius 2 is 2.10 bits per heavy atom. The van der Waals surface area contributed by atoms with Crippen LogP contribution in [-0.2, 0) is 13.1 Å². The van der Waals surface area contributed by atoms with E-state index in [1.54, 1.807) is 0 Å². The van der Waals surface area contributed by atoms with Gasteiger partial charge in [0.25, 0.3) is 0 Å². The minimum atomic E-state index is 0.832. The lowest BCUT2D eigenvalue weighted by atomic mass is 9.78. The molecule has 1 saturated heterocycles. The zero-order valence-corrected chi connectivity index (χ0v) is 13.4. The van der Waals surface area contributed by atoms with Crippen LogP contribution >= 0.6 is 0 Å². The van der Waals surface area contributed by atoms with Crippen molar-refractivity contribution in [1.82, 2.24) is 10.2 Å². The average molecular weight is 290 g/mol. The number of hydrogen-bond donors (Lipinski definition) is 1. The first-order valence-corrected chi connectivity index (χ1v) is 8.88. The van der Waals surface area contributed by atoms with Gasteiger partial charge in [-0.2, -0.15) is 0 Å². The molecule has 3 heteroatoms. The molecule has 0 aromatic carbocycles. The molecule has 2 atom stereocenters. The van der Waals surface area contributed by atoms with Crippen LogP contribution in [0, 0.1) is 5.92 Å². The Morgan fingerprint density at radius 1 is 1.24 bits per heavy atom. The lowest BCUT2D eigenvalue weighted by Crippen LogP contribution is -2.46. The SMILES string of the molecule is CCCNCc1occc1CN1CCC[C@H]2CCCC[C@H]21. The monoisotopic (exact) mass is 290 g/mol. The molecular formula is C18H30N2O. The Hall–Kier alpha value is -0.800. The van der Waals surface area contributed by atoms with Gasteiger partial charge in [-0.3, -0.25) is 4.90 Å². The summed E-state index contributed by atoms with van der Waals surface area (Å²) in [6, 6.07) is 3.01. The maximum atomic E-state index is 5.70. The van der Waals surface area contributed by atoms with Crippen molar-refractivity contribution in [3.63, 3.8) is 0 Å². The molecule has 1 N–H and O–H groups in total. The maximum absolute atomic E-state index is 5.70. The lowest BCUT2D eigenvalue weighted by Gasteiger charge is -2.44. The first-order valence-electron chi connectivity index (χ1n) is 8.88. The minimum Gasteiger partial charge on any atom is -0.468 e. The number of fused-ring (bicyclic) bond motifs is 1. The highest BCUT2D eigenvalue weighted by Gasteiger charge is 2.33. The highest BCUT2D eigenvalue weighted by Crippen LogP contribution is 2.36. The molecule has 1 saturated carbocycles. The van der Waals surface area contributed by atoms with Gasteiger partial charge < -0.3 is 9.73 Å². The van der Waals surface area contributed by atoms with E-state index in [0.717, 1.165) is 37.4 Å². The van der Waals surface area contributed by atoms with E-state index in [2.05, 4.69) is 23.2 Å². The van der Waals surface area contributed by atoms with Gasteiger partial charge in [-0.25, -0.2) is 0 Å². The van der Waals surface area contributed by atoms with Crippen molar-refractivity contribution in [1.29, 1.82) is 0 Å². The van der Waals surface area contributed by atoms with E-state index < -0.39 is 0 Å². The van der Waals surface area contributed by atoms with Crippen LogP contribution in [0.1, 0.15) is 63.2 Å². The Morgan fingerprint density at radius 3 is 3.00 bits per heavy atom. The van der Waals surface area contributed by atoms with E-state index in [1.165, 1.54) is 57.1 Å². The molecule has 0 amide bonds. The van der Waals surface area contributed by atoms with Crippen molar-refractivity contribution in [3.05, 3.63) is 23.7 Å². The standard InChI is InChI=1S/C18H30N2O/c1-2-10-19-13-18-16(9-12-21-18)14-20-11-5-7-15-6-3-4-8-17(15)20/h9,12,15,17,19H,2-8,10-11,13-14H2,1H3/t15-,17-/m1/s1.